The van der Waals surface area contributed by atoms with Crippen molar-refractivity contribution in [3.05, 3.63) is 23.8 Å². The van der Waals surface area contributed by atoms with Gasteiger partial charge in [0, 0.05) is 12.1 Å². The van der Waals surface area contributed by atoms with Crippen LogP contribution >= 0.6 is 12.4 Å². The number of benzene rings is 1. The standard InChI is InChI=1S/C16H22N2O3.ClH/c1-10-6-7-17-11(2)14(10)18-16(19)12-4-3-5-13-15(12)21-9-8-20-13;/h3-5,10-11,14,17H,6-9H2,1-2H3,(H,18,19);1H. The van der Waals surface area contributed by atoms with Crippen LogP contribution in [0.25, 0.3) is 0 Å². The molecule has 2 aliphatic rings. The minimum absolute atomic E-state index is 0. The molecule has 0 aliphatic carbocycles. The van der Waals surface area contributed by atoms with Gasteiger partial charge in [-0.15, -0.1) is 12.4 Å². The number of hydrogen-bond donors (Lipinski definition) is 2. The van der Waals surface area contributed by atoms with E-state index in [1.165, 1.54) is 0 Å². The Labute approximate surface area is 137 Å². The third-order valence-electron chi connectivity index (χ3n) is 4.33. The molecule has 3 atom stereocenters. The van der Waals surface area contributed by atoms with Crippen LogP contribution in [0.15, 0.2) is 18.2 Å². The molecule has 0 spiro atoms. The van der Waals surface area contributed by atoms with E-state index in [2.05, 4.69) is 24.5 Å². The molecule has 2 aliphatic heterocycles. The summed E-state index contributed by atoms with van der Waals surface area (Å²) in [5, 5.41) is 6.56. The first kappa shape index (κ1) is 16.9. The summed E-state index contributed by atoms with van der Waals surface area (Å²) < 4.78 is 11.1. The Morgan fingerprint density at radius 3 is 2.82 bits per heavy atom. The molecule has 3 unspecified atom stereocenters. The lowest BCUT2D eigenvalue weighted by Gasteiger charge is -2.36. The molecule has 2 N–H and O–H groups in total. The lowest BCUT2D eigenvalue weighted by Crippen LogP contribution is -2.55. The van der Waals surface area contributed by atoms with Crippen LogP contribution in [0.2, 0.25) is 0 Å². The largest absolute Gasteiger partial charge is 0.486 e. The molecular weight excluding hydrogens is 304 g/mol. The topological polar surface area (TPSA) is 59.6 Å². The first-order valence-corrected chi connectivity index (χ1v) is 7.59. The van der Waals surface area contributed by atoms with E-state index in [1.807, 2.05) is 12.1 Å². The number of amides is 1. The molecule has 1 saturated heterocycles. The number of fused-ring (bicyclic) bond motifs is 1. The van der Waals surface area contributed by atoms with Crippen LogP contribution in [-0.2, 0) is 0 Å². The average Bonchev–Trinajstić information content (AvgIpc) is 2.50. The number of nitrogens with one attached hydrogen (secondary N) is 2. The Bertz CT molecular complexity index is 528. The number of rotatable bonds is 2. The number of carbonyl (C=O) groups is 1. The Morgan fingerprint density at radius 1 is 1.27 bits per heavy atom. The quantitative estimate of drug-likeness (QED) is 0.872. The summed E-state index contributed by atoms with van der Waals surface area (Å²) in [7, 11) is 0. The van der Waals surface area contributed by atoms with Crippen molar-refractivity contribution in [3.63, 3.8) is 0 Å². The fourth-order valence-electron chi connectivity index (χ4n) is 3.09. The molecule has 122 valence electrons. The fourth-order valence-corrected chi connectivity index (χ4v) is 3.09. The van der Waals surface area contributed by atoms with Crippen LogP contribution in [0.5, 0.6) is 11.5 Å². The van der Waals surface area contributed by atoms with E-state index in [1.54, 1.807) is 6.07 Å². The normalized spacial score (nSPS) is 26.7. The van der Waals surface area contributed by atoms with Crippen LogP contribution in [-0.4, -0.2) is 37.7 Å². The van der Waals surface area contributed by atoms with E-state index in [4.69, 9.17) is 9.47 Å². The Morgan fingerprint density at radius 2 is 2.05 bits per heavy atom. The number of ether oxygens (including phenoxy) is 2. The highest BCUT2D eigenvalue weighted by atomic mass is 35.5. The van der Waals surface area contributed by atoms with Gasteiger partial charge >= 0.3 is 0 Å². The lowest BCUT2D eigenvalue weighted by molar-refractivity contribution is 0.0887. The van der Waals surface area contributed by atoms with Crippen molar-refractivity contribution in [1.82, 2.24) is 10.6 Å². The van der Waals surface area contributed by atoms with Crippen molar-refractivity contribution in [3.8, 4) is 11.5 Å². The van der Waals surface area contributed by atoms with E-state index in [-0.39, 0.29) is 30.4 Å². The van der Waals surface area contributed by atoms with Gasteiger partial charge in [-0.3, -0.25) is 4.79 Å². The fraction of sp³-hybridized carbons (Fsp3) is 0.562. The van der Waals surface area contributed by atoms with E-state index in [0.717, 1.165) is 13.0 Å². The molecule has 3 rings (SSSR count). The summed E-state index contributed by atoms with van der Waals surface area (Å²) in [6.45, 7) is 6.31. The van der Waals surface area contributed by atoms with E-state index >= 15 is 0 Å². The highest BCUT2D eigenvalue weighted by molar-refractivity contribution is 5.98. The maximum Gasteiger partial charge on any atom is 0.255 e. The van der Waals surface area contributed by atoms with Gasteiger partial charge in [0.15, 0.2) is 11.5 Å². The zero-order valence-corrected chi connectivity index (χ0v) is 13.7. The van der Waals surface area contributed by atoms with Crippen LogP contribution in [0.3, 0.4) is 0 Å². The third kappa shape index (κ3) is 3.31. The SMILES string of the molecule is CC1CCNC(C)C1NC(=O)c1cccc2c1OCCO2.Cl. The second-order valence-corrected chi connectivity index (χ2v) is 5.84. The molecule has 1 aromatic carbocycles. The van der Waals surface area contributed by atoms with Gasteiger partial charge in [0.25, 0.3) is 5.91 Å². The number of piperidine rings is 1. The molecule has 2 heterocycles. The summed E-state index contributed by atoms with van der Waals surface area (Å²) >= 11 is 0. The third-order valence-corrected chi connectivity index (χ3v) is 4.33. The minimum Gasteiger partial charge on any atom is -0.486 e. The molecule has 5 nitrogen and oxygen atoms in total. The van der Waals surface area contributed by atoms with Crippen LogP contribution in [0.1, 0.15) is 30.6 Å². The highest BCUT2D eigenvalue weighted by Crippen LogP contribution is 2.33. The van der Waals surface area contributed by atoms with Gasteiger partial charge in [0.05, 0.1) is 5.56 Å². The van der Waals surface area contributed by atoms with Gasteiger partial charge in [0.1, 0.15) is 13.2 Å². The van der Waals surface area contributed by atoms with E-state index < -0.39 is 0 Å². The zero-order chi connectivity index (χ0) is 14.8. The predicted molar refractivity (Wildman–Crippen MR) is 87.2 cm³/mol. The van der Waals surface area contributed by atoms with Crippen molar-refractivity contribution in [1.29, 1.82) is 0 Å². The maximum absolute atomic E-state index is 12.6. The first-order chi connectivity index (χ1) is 10.2. The summed E-state index contributed by atoms with van der Waals surface area (Å²) in [5.41, 5.74) is 0.553. The van der Waals surface area contributed by atoms with Gasteiger partial charge < -0.3 is 20.1 Å². The second-order valence-electron chi connectivity index (χ2n) is 5.84. The van der Waals surface area contributed by atoms with Crippen molar-refractivity contribution >= 4 is 18.3 Å². The Kier molecular flexibility index (Phi) is 5.53. The minimum atomic E-state index is -0.0928. The van der Waals surface area contributed by atoms with Crippen LogP contribution < -0.4 is 20.1 Å². The molecule has 1 fully saturated rings. The summed E-state index contributed by atoms with van der Waals surface area (Å²) in [5.74, 6) is 1.58. The predicted octanol–water partition coefficient (Wildman–Crippen LogP) is 2.00. The number of halogens is 1. The van der Waals surface area contributed by atoms with Gasteiger partial charge in [-0.2, -0.15) is 0 Å². The van der Waals surface area contributed by atoms with Crippen LogP contribution in [0, 0.1) is 5.92 Å². The van der Waals surface area contributed by atoms with Gasteiger partial charge in [-0.25, -0.2) is 0 Å². The Balaban J connectivity index is 0.00000176. The van der Waals surface area contributed by atoms with Crippen LogP contribution in [0.4, 0.5) is 0 Å². The molecular formula is C16H23ClN2O3. The molecule has 0 aromatic heterocycles. The van der Waals surface area contributed by atoms with Gasteiger partial charge in [0.2, 0.25) is 0 Å². The lowest BCUT2D eigenvalue weighted by atomic mass is 9.89. The molecule has 22 heavy (non-hydrogen) atoms. The van der Waals surface area contributed by atoms with Crippen molar-refractivity contribution < 1.29 is 14.3 Å². The van der Waals surface area contributed by atoms with Gasteiger partial charge in [-0.1, -0.05) is 13.0 Å². The molecule has 6 heteroatoms. The number of para-hydroxylation sites is 1. The second kappa shape index (κ2) is 7.20. The number of hydrogen-bond acceptors (Lipinski definition) is 4. The monoisotopic (exact) mass is 326 g/mol. The molecule has 0 saturated carbocycles. The molecule has 1 amide bonds. The first-order valence-electron chi connectivity index (χ1n) is 7.59. The molecule has 1 aromatic rings. The molecule has 0 radical (unpaired) electrons. The molecule has 0 bridgehead atoms. The smallest absolute Gasteiger partial charge is 0.255 e. The van der Waals surface area contributed by atoms with E-state index in [0.29, 0.717) is 36.2 Å². The Hall–Kier alpha value is -1.46. The maximum atomic E-state index is 12.6. The average molecular weight is 327 g/mol. The zero-order valence-electron chi connectivity index (χ0n) is 12.9. The summed E-state index contributed by atoms with van der Waals surface area (Å²) in [6.07, 6.45) is 1.07. The summed E-state index contributed by atoms with van der Waals surface area (Å²) in [6, 6.07) is 5.85. The number of carbonyl (C=O) groups excluding carboxylic acids is 1. The van der Waals surface area contributed by atoms with Crippen molar-refractivity contribution in [2.45, 2.75) is 32.4 Å². The highest BCUT2D eigenvalue weighted by Gasteiger charge is 2.30. The van der Waals surface area contributed by atoms with Gasteiger partial charge in [-0.05, 0) is 37.9 Å². The van der Waals surface area contributed by atoms with E-state index in [9.17, 15) is 4.79 Å². The summed E-state index contributed by atoms with van der Waals surface area (Å²) in [4.78, 5) is 12.6. The van der Waals surface area contributed by atoms with Crippen molar-refractivity contribution in [2.24, 2.45) is 5.92 Å². The van der Waals surface area contributed by atoms with Crippen molar-refractivity contribution in [2.75, 3.05) is 19.8 Å².